The Hall–Kier alpha value is -1.94. The maximum atomic E-state index is 13.3. The predicted molar refractivity (Wildman–Crippen MR) is 84.6 cm³/mol. The van der Waals surface area contributed by atoms with E-state index in [9.17, 15) is 8.78 Å². The molecule has 0 aromatic heterocycles. The minimum absolute atomic E-state index is 0.255. The van der Waals surface area contributed by atoms with Crippen LogP contribution in [0, 0.1) is 25.5 Å². The lowest BCUT2D eigenvalue weighted by atomic mass is 9.95. The van der Waals surface area contributed by atoms with Gasteiger partial charge in [-0.25, -0.2) is 8.78 Å². The maximum absolute atomic E-state index is 13.3. The lowest BCUT2D eigenvalue weighted by molar-refractivity contribution is 0.161. The summed E-state index contributed by atoms with van der Waals surface area (Å²) in [5.74, 6) is -0.335. The molecule has 0 fully saturated rings. The Morgan fingerprint density at radius 2 is 1.50 bits per heavy atom. The van der Waals surface area contributed by atoms with Gasteiger partial charge in [-0.3, -0.25) is 0 Å². The van der Waals surface area contributed by atoms with Crippen LogP contribution >= 0.6 is 11.6 Å². The molecule has 22 heavy (non-hydrogen) atoms. The number of aryl methyl sites for hydroxylation is 2. The molecule has 0 unspecified atom stereocenters. The summed E-state index contributed by atoms with van der Waals surface area (Å²) in [4.78, 5) is 5.19. The van der Waals surface area contributed by atoms with E-state index in [0.717, 1.165) is 22.3 Å². The SMILES string of the molecule is Cc1cc(F)ccc1C(=NOCCCl)c1ccc(F)cc1C. The molecule has 116 valence electrons. The van der Waals surface area contributed by atoms with Gasteiger partial charge in [0.05, 0.1) is 5.88 Å². The Balaban J connectivity index is 2.53. The summed E-state index contributed by atoms with van der Waals surface area (Å²) in [5.41, 5.74) is 3.42. The number of rotatable bonds is 5. The summed E-state index contributed by atoms with van der Waals surface area (Å²) >= 11 is 5.59. The number of hydrogen-bond acceptors (Lipinski definition) is 2. The molecule has 2 rings (SSSR count). The van der Waals surface area contributed by atoms with Gasteiger partial charge in [-0.2, -0.15) is 0 Å². The van der Waals surface area contributed by atoms with Crippen molar-refractivity contribution < 1.29 is 13.6 Å². The van der Waals surface area contributed by atoms with E-state index in [1.54, 1.807) is 26.0 Å². The average Bonchev–Trinajstić information content (AvgIpc) is 2.45. The zero-order valence-corrected chi connectivity index (χ0v) is 13.1. The van der Waals surface area contributed by atoms with E-state index in [1.165, 1.54) is 24.3 Å². The molecule has 5 heteroatoms. The fourth-order valence-corrected chi connectivity index (χ4v) is 2.24. The Kier molecular flexibility index (Phi) is 5.50. The van der Waals surface area contributed by atoms with E-state index in [1.807, 2.05) is 0 Å². The number of oxime groups is 1. The second kappa shape index (κ2) is 7.36. The highest BCUT2D eigenvalue weighted by Crippen LogP contribution is 2.20. The standard InChI is InChI=1S/C17H16ClF2NO/c1-11-9-13(19)3-5-15(11)17(21-22-8-7-18)16-6-4-14(20)10-12(16)2/h3-6,9-10H,7-8H2,1-2H3. The molecule has 0 heterocycles. The lowest BCUT2D eigenvalue weighted by Crippen LogP contribution is -2.09. The molecule has 0 aliphatic rings. The molecule has 0 N–H and O–H groups in total. The summed E-state index contributed by atoms with van der Waals surface area (Å²) in [5, 5.41) is 4.12. The Labute approximate surface area is 133 Å². The van der Waals surface area contributed by atoms with Gasteiger partial charge in [0.15, 0.2) is 0 Å². The van der Waals surface area contributed by atoms with Gasteiger partial charge in [0.2, 0.25) is 0 Å². The van der Waals surface area contributed by atoms with Crippen LogP contribution in [0.5, 0.6) is 0 Å². The zero-order valence-electron chi connectivity index (χ0n) is 12.4. The van der Waals surface area contributed by atoms with Crippen molar-refractivity contribution in [2.45, 2.75) is 13.8 Å². The minimum Gasteiger partial charge on any atom is -0.394 e. The number of nitrogens with zero attached hydrogens (tertiary/aromatic N) is 1. The minimum atomic E-state index is -0.321. The van der Waals surface area contributed by atoms with Crippen molar-refractivity contribution in [3.05, 3.63) is 70.3 Å². The van der Waals surface area contributed by atoms with Crippen molar-refractivity contribution in [3.63, 3.8) is 0 Å². The molecule has 2 nitrogen and oxygen atoms in total. The fraction of sp³-hybridized carbons (Fsp3) is 0.235. The topological polar surface area (TPSA) is 21.6 Å². The molecule has 0 amide bonds. The Morgan fingerprint density at radius 1 is 1.00 bits per heavy atom. The van der Waals surface area contributed by atoms with Crippen molar-refractivity contribution >= 4 is 17.3 Å². The first-order valence-corrected chi connectivity index (χ1v) is 7.35. The van der Waals surface area contributed by atoms with Gasteiger partial charge in [0, 0.05) is 11.1 Å². The highest BCUT2D eigenvalue weighted by Gasteiger charge is 2.14. The molecule has 0 saturated heterocycles. The number of benzene rings is 2. The lowest BCUT2D eigenvalue weighted by Gasteiger charge is -2.12. The average molecular weight is 324 g/mol. The molecule has 0 saturated carbocycles. The van der Waals surface area contributed by atoms with Crippen molar-refractivity contribution in [3.8, 4) is 0 Å². The molecule has 2 aromatic carbocycles. The van der Waals surface area contributed by atoms with Crippen LogP contribution in [0.2, 0.25) is 0 Å². The second-order valence-corrected chi connectivity index (χ2v) is 5.26. The van der Waals surface area contributed by atoms with Gasteiger partial charge in [0.25, 0.3) is 0 Å². The molecule has 0 radical (unpaired) electrons. The van der Waals surface area contributed by atoms with Crippen LogP contribution in [0.15, 0.2) is 41.6 Å². The fourth-order valence-electron chi connectivity index (χ4n) is 2.17. The van der Waals surface area contributed by atoms with E-state index in [2.05, 4.69) is 5.16 Å². The van der Waals surface area contributed by atoms with E-state index in [-0.39, 0.29) is 18.2 Å². The highest BCUT2D eigenvalue weighted by atomic mass is 35.5. The van der Waals surface area contributed by atoms with Crippen LogP contribution in [0.25, 0.3) is 0 Å². The van der Waals surface area contributed by atoms with Crippen LogP contribution in [-0.2, 0) is 4.84 Å². The smallest absolute Gasteiger partial charge is 0.130 e. The molecule has 0 spiro atoms. The van der Waals surface area contributed by atoms with Gasteiger partial charge < -0.3 is 4.84 Å². The number of halogens is 3. The van der Waals surface area contributed by atoms with Crippen LogP contribution in [0.4, 0.5) is 8.78 Å². The van der Waals surface area contributed by atoms with Gasteiger partial charge in [-0.15, -0.1) is 11.6 Å². The summed E-state index contributed by atoms with van der Waals surface area (Å²) in [6.45, 7) is 3.83. The third-order valence-corrected chi connectivity index (χ3v) is 3.37. The van der Waals surface area contributed by atoms with Crippen molar-refractivity contribution in [2.75, 3.05) is 12.5 Å². The maximum Gasteiger partial charge on any atom is 0.130 e. The molecule has 0 aliphatic heterocycles. The van der Waals surface area contributed by atoms with E-state index >= 15 is 0 Å². The molecule has 2 aromatic rings. The summed E-state index contributed by atoms with van der Waals surface area (Å²) < 4.78 is 26.6. The number of hydrogen-bond donors (Lipinski definition) is 0. The van der Waals surface area contributed by atoms with Crippen LogP contribution < -0.4 is 0 Å². The monoisotopic (exact) mass is 323 g/mol. The Bertz CT molecular complexity index is 648. The third-order valence-electron chi connectivity index (χ3n) is 3.21. The predicted octanol–water partition coefficient (Wildman–Crippen LogP) is 4.59. The summed E-state index contributed by atoms with van der Waals surface area (Å²) in [7, 11) is 0. The first kappa shape index (κ1) is 16.4. The van der Waals surface area contributed by atoms with Crippen LogP contribution in [0.1, 0.15) is 22.3 Å². The van der Waals surface area contributed by atoms with Crippen LogP contribution in [-0.4, -0.2) is 18.2 Å². The van der Waals surface area contributed by atoms with E-state index in [0.29, 0.717) is 11.6 Å². The van der Waals surface area contributed by atoms with E-state index in [4.69, 9.17) is 16.4 Å². The summed E-state index contributed by atoms with van der Waals surface area (Å²) in [6.07, 6.45) is 0. The zero-order chi connectivity index (χ0) is 16.1. The Morgan fingerprint density at radius 3 is 1.91 bits per heavy atom. The van der Waals surface area contributed by atoms with E-state index < -0.39 is 0 Å². The normalized spacial score (nSPS) is 10.4. The molecule has 0 bridgehead atoms. The van der Waals surface area contributed by atoms with Gasteiger partial charge in [-0.1, -0.05) is 5.16 Å². The highest BCUT2D eigenvalue weighted by molar-refractivity contribution is 6.18. The largest absolute Gasteiger partial charge is 0.394 e. The molecule has 0 aliphatic carbocycles. The van der Waals surface area contributed by atoms with Gasteiger partial charge in [-0.05, 0) is 61.4 Å². The van der Waals surface area contributed by atoms with Crippen molar-refractivity contribution in [1.82, 2.24) is 0 Å². The second-order valence-electron chi connectivity index (χ2n) is 4.88. The summed E-state index contributed by atoms with van der Waals surface area (Å²) in [6, 6.07) is 8.83. The number of alkyl halides is 1. The van der Waals surface area contributed by atoms with Crippen molar-refractivity contribution in [1.29, 1.82) is 0 Å². The first-order valence-electron chi connectivity index (χ1n) is 6.82. The van der Waals surface area contributed by atoms with Crippen LogP contribution in [0.3, 0.4) is 0 Å². The van der Waals surface area contributed by atoms with Gasteiger partial charge >= 0.3 is 0 Å². The van der Waals surface area contributed by atoms with Gasteiger partial charge in [0.1, 0.15) is 24.0 Å². The first-order chi connectivity index (χ1) is 10.5. The quantitative estimate of drug-likeness (QED) is 0.341. The molecular weight excluding hydrogens is 308 g/mol. The third kappa shape index (κ3) is 3.83. The van der Waals surface area contributed by atoms with Crippen molar-refractivity contribution in [2.24, 2.45) is 5.16 Å². The molecular formula is C17H16ClF2NO. The molecule has 0 atom stereocenters.